The highest BCUT2D eigenvalue weighted by atomic mass is 16.3. The highest BCUT2D eigenvalue weighted by Crippen LogP contribution is 2.48. The minimum absolute atomic E-state index is 0.842. The van der Waals surface area contributed by atoms with Crippen molar-refractivity contribution >= 4 is 93.7 Å². The molecule has 0 atom stereocenters. The number of rotatable bonds is 5. The first kappa shape index (κ1) is 30.9. The number of hydrogen-bond acceptors (Lipinski definition) is 4. The van der Waals surface area contributed by atoms with Crippen LogP contribution in [0, 0.1) is 0 Å². The number of benzene rings is 9. The van der Waals surface area contributed by atoms with E-state index in [1.807, 2.05) is 24.3 Å². The first-order chi connectivity index (χ1) is 27.8. The minimum Gasteiger partial charge on any atom is -0.456 e. The van der Waals surface area contributed by atoms with Gasteiger partial charge in [0, 0.05) is 49.1 Å². The molecule has 56 heavy (non-hydrogen) atoms. The monoisotopic (exact) mass is 717 g/mol. The van der Waals surface area contributed by atoms with Crippen molar-refractivity contribution in [3.63, 3.8) is 0 Å². The van der Waals surface area contributed by atoms with Crippen LogP contribution in [0.4, 0.5) is 17.1 Å². The van der Waals surface area contributed by atoms with Gasteiger partial charge in [-0.25, -0.2) is 0 Å². The summed E-state index contributed by atoms with van der Waals surface area (Å²) in [6.45, 7) is 0. The van der Waals surface area contributed by atoms with Crippen LogP contribution in [-0.4, -0.2) is 0 Å². The molecule has 0 radical (unpaired) electrons. The Morgan fingerprint density at radius 1 is 0.321 bits per heavy atom. The van der Waals surface area contributed by atoms with Crippen LogP contribution in [0.1, 0.15) is 0 Å². The lowest BCUT2D eigenvalue weighted by atomic mass is 9.98. The van der Waals surface area contributed by atoms with Gasteiger partial charge in [-0.1, -0.05) is 127 Å². The third kappa shape index (κ3) is 4.60. The first-order valence-electron chi connectivity index (χ1n) is 18.9. The third-order valence-electron chi connectivity index (χ3n) is 11.3. The van der Waals surface area contributed by atoms with Crippen molar-refractivity contribution in [2.75, 3.05) is 4.90 Å². The van der Waals surface area contributed by atoms with Crippen molar-refractivity contribution in [1.82, 2.24) is 0 Å². The molecule has 3 aromatic heterocycles. The van der Waals surface area contributed by atoms with E-state index in [4.69, 9.17) is 13.3 Å². The fourth-order valence-corrected chi connectivity index (χ4v) is 8.69. The predicted molar refractivity (Wildman–Crippen MR) is 231 cm³/mol. The van der Waals surface area contributed by atoms with E-state index in [0.717, 1.165) is 116 Å². The van der Waals surface area contributed by atoms with Crippen LogP contribution < -0.4 is 4.90 Å². The molecule has 0 aliphatic carbocycles. The van der Waals surface area contributed by atoms with E-state index in [-0.39, 0.29) is 0 Å². The maximum Gasteiger partial charge on any atom is 0.143 e. The molecule has 0 bridgehead atoms. The van der Waals surface area contributed by atoms with Crippen LogP contribution in [0.2, 0.25) is 0 Å². The van der Waals surface area contributed by atoms with Crippen molar-refractivity contribution in [3.05, 3.63) is 188 Å². The summed E-state index contributed by atoms with van der Waals surface area (Å²) in [4.78, 5) is 2.37. The molecule has 0 fully saturated rings. The van der Waals surface area contributed by atoms with E-state index in [0.29, 0.717) is 0 Å². The van der Waals surface area contributed by atoms with Gasteiger partial charge < -0.3 is 18.2 Å². The molecule has 0 aliphatic heterocycles. The number of fused-ring (bicyclic) bond motifs is 11. The van der Waals surface area contributed by atoms with Crippen molar-refractivity contribution < 1.29 is 13.3 Å². The molecule has 0 saturated heterocycles. The Balaban J connectivity index is 1.08. The van der Waals surface area contributed by atoms with Crippen LogP contribution >= 0.6 is 0 Å². The summed E-state index contributed by atoms with van der Waals surface area (Å²) in [5.41, 5.74) is 12.7. The number of nitrogens with zero attached hydrogens (tertiary/aromatic N) is 1. The molecule has 262 valence electrons. The van der Waals surface area contributed by atoms with Gasteiger partial charge in [0.2, 0.25) is 0 Å². The van der Waals surface area contributed by atoms with Crippen molar-refractivity contribution in [2.45, 2.75) is 0 Å². The Labute approximate surface area is 321 Å². The lowest BCUT2D eigenvalue weighted by molar-refractivity contribution is 0.668. The van der Waals surface area contributed by atoms with Gasteiger partial charge in [0.05, 0.1) is 16.8 Å². The summed E-state index contributed by atoms with van der Waals surface area (Å²) in [6.07, 6.45) is 0. The van der Waals surface area contributed by atoms with Gasteiger partial charge in [-0.2, -0.15) is 0 Å². The molecule has 3 heterocycles. The normalized spacial score (nSPS) is 11.9. The van der Waals surface area contributed by atoms with Crippen molar-refractivity contribution in [1.29, 1.82) is 0 Å². The molecule has 4 nitrogen and oxygen atoms in total. The second-order valence-electron chi connectivity index (χ2n) is 14.4. The van der Waals surface area contributed by atoms with Crippen LogP contribution in [-0.2, 0) is 0 Å². The molecule has 0 saturated carbocycles. The van der Waals surface area contributed by atoms with Gasteiger partial charge in [0.1, 0.15) is 33.5 Å². The Morgan fingerprint density at radius 3 is 1.82 bits per heavy atom. The maximum atomic E-state index is 6.89. The molecule has 0 spiro atoms. The molecular formula is C52H31NO3. The van der Waals surface area contributed by atoms with E-state index in [1.54, 1.807) is 0 Å². The molecular weight excluding hydrogens is 687 g/mol. The second kappa shape index (κ2) is 12.0. The van der Waals surface area contributed by atoms with Crippen molar-refractivity contribution in [3.8, 4) is 22.3 Å². The van der Waals surface area contributed by atoms with Gasteiger partial charge in [0.15, 0.2) is 0 Å². The van der Waals surface area contributed by atoms with E-state index in [9.17, 15) is 0 Å². The highest BCUT2D eigenvalue weighted by Gasteiger charge is 2.24. The summed E-state index contributed by atoms with van der Waals surface area (Å²) in [6, 6.07) is 66.1. The van der Waals surface area contributed by atoms with Gasteiger partial charge in [0.25, 0.3) is 0 Å². The van der Waals surface area contributed by atoms with E-state index in [1.165, 1.54) is 0 Å². The van der Waals surface area contributed by atoms with Gasteiger partial charge in [-0.05, 0) is 77.2 Å². The highest BCUT2D eigenvalue weighted by molar-refractivity contribution is 6.18. The van der Waals surface area contributed by atoms with Crippen LogP contribution in [0.25, 0.3) is 98.8 Å². The Kier molecular flexibility index (Phi) is 6.60. The lowest BCUT2D eigenvalue weighted by Crippen LogP contribution is -2.11. The van der Waals surface area contributed by atoms with Crippen LogP contribution in [0.5, 0.6) is 0 Å². The van der Waals surface area contributed by atoms with Crippen LogP contribution in [0.15, 0.2) is 201 Å². The summed E-state index contributed by atoms with van der Waals surface area (Å²) in [7, 11) is 0. The van der Waals surface area contributed by atoms with Gasteiger partial charge in [-0.3, -0.25) is 0 Å². The summed E-state index contributed by atoms with van der Waals surface area (Å²) in [5, 5.41) is 8.86. The number of anilines is 3. The van der Waals surface area contributed by atoms with E-state index < -0.39 is 0 Å². The minimum atomic E-state index is 0.842. The predicted octanol–water partition coefficient (Wildman–Crippen LogP) is 15.3. The Morgan fingerprint density at radius 2 is 0.929 bits per heavy atom. The zero-order chi connectivity index (χ0) is 36.7. The van der Waals surface area contributed by atoms with Gasteiger partial charge in [-0.15, -0.1) is 0 Å². The quantitative estimate of drug-likeness (QED) is 0.178. The summed E-state index contributed by atoms with van der Waals surface area (Å²) < 4.78 is 19.5. The molecule has 9 aromatic carbocycles. The molecule has 4 heteroatoms. The molecule has 0 unspecified atom stereocenters. The van der Waals surface area contributed by atoms with Crippen LogP contribution in [0.3, 0.4) is 0 Å². The zero-order valence-corrected chi connectivity index (χ0v) is 30.1. The number of hydrogen-bond donors (Lipinski definition) is 0. The van der Waals surface area contributed by atoms with Crippen molar-refractivity contribution in [2.24, 2.45) is 0 Å². The molecule has 0 amide bonds. The average molecular weight is 718 g/mol. The second-order valence-corrected chi connectivity index (χ2v) is 14.4. The average Bonchev–Trinajstić information content (AvgIpc) is 3.96. The SMILES string of the molecule is c1ccc(N(c2ccc(-c3ccc4oc5ccccc5c4c3)cc2)c2cccc3oc4ccccc4c23)c(-c2cccc3c2oc2c4ccccc4ccc32)c1. The third-order valence-corrected chi connectivity index (χ3v) is 11.3. The largest absolute Gasteiger partial charge is 0.456 e. The topological polar surface area (TPSA) is 42.7 Å². The van der Waals surface area contributed by atoms with E-state index >= 15 is 0 Å². The Bertz CT molecular complexity index is 3490. The first-order valence-corrected chi connectivity index (χ1v) is 18.9. The molecule has 0 aliphatic rings. The fraction of sp³-hybridized carbons (Fsp3) is 0. The lowest BCUT2D eigenvalue weighted by Gasteiger charge is -2.28. The smallest absolute Gasteiger partial charge is 0.143 e. The summed E-state index contributed by atoms with van der Waals surface area (Å²) in [5.74, 6) is 0. The number of para-hydroxylation sites is 4. The molecule has 12 aromatic rings. The molecule has 12 rings (SSSR count). The standard InChI is InChI=1S/C52H31NO3/c1-2-12-36-33(11-1)25-29-41-40-17-9-16-39(52(40)56-51(36)41)37-13-3-6-18-44(37)53(45-19-10-22-49-50(45)42-15-5-8-21-47(42)55-49)35-27-23-32(24-28-35)34-26-30-48-43(31-34)38-14-4-7-20-46(38)54-48/h1-31H. The maximum absolute atomic E-state index is 6.89. The van der Waals surface area contributed by atoms with Gasteiger partial charge >= 0.3 is 0 Å². The van der Waals surface area contributed by atoms with E-state index in [2.05, 4.69) is 169 Å². The molecule has 0 N–H and O–H groups in total. The number of furan rings is 3. The summed E-state index contributed by atoms with van der Waals surface area (Å²) >= 11 is 0. The zero-order valence-electron chi connectivity index (χ0n) is 30.1. The Hall–Kier alpha value is -7.56. The fourth-order valence-electron chi connectivity index (χ4n) is 8.69.